The van der Waals surface area contributed by atoms with Gasteiger partial charge in [-0.1, -0.05) is 92.7 Å². The number of hydrogen-bond donors (Lipinski definition) is 3. The maximum Gasteiger partial charge on any atom is 0.407 e. The lowest BCUT2D eigenvalue weighted by atomic mass is 9.86. The van der Waals surface area contributed by atoms with Crippen LogP contribution in [0.1, 0.15) is 49.3 Å². The molecule has 0 saturated carbocycles. The molecule has 2 aliphatic rings. The number of carboxylic acid groups (broad SMARTS) is 1. The van der Waals surface area contributed by atoms with Crippen LogP contribution in [-0.4, -0.2) is 59.3 Å². The zero-order valence-corrected chi connectivity index (χ0v) is 23.5. The molecule has 2 amide bonds. The van der Waals surface area contributed by atoms with Crippen molar-refractivity contribution in [1.82, 2.24) is 15.5 Å². The molecule has 1 heterocycles. The second kappa shape index (κ2) is 12.1. The first kappa shape index (κ1) is 28.4. The first-order valence-electron chi connectivity index (χ1n) is 14.2. The number of amides is 2. The summed E-state index contributed by atoms with van der Waals surface area (Å²) in [6.45, 7) is 5.54. The van der Waals surface area contributed by atoms with Gasteiger partial charge >= 0.3 is 12.1 Å². The van der Waals surface area contributed by atoms with Gasteiger partial charge in [-0.15, -0.1) is 0 Å². The lowest BCUT2D eigenvalue weighted by molar-refractivity contribution is -0.150. The van der Waals surface area contributed by atoms with Crippen molar-refractivity contribution in [1.29, 1.82) is 0 Å². The molecule has 0 spiro atoms. The van der Waals surface area contributed by atoms with E-state index in [2.05, 4.69) is 27.7 Å². The number of likely N-dealkylation sites (tertiary alicyclic amines) is 1. The number of alkyl carbamates (subject to hydrolysis) is 1. The van der Waals surface area contributed by atoms with Crippen molar-refractivity contribution in [2.75, 3.05) is 19.7 Å². The van der Waals surface area contributed by atoms with Crippen LogP contribution >= 0.6 is 0 Å². The zero-order valence-electron chi connectivity index (χ0n) is 23.5. The summed E-state index contributed by atoms with van der Waals surface area (Å²) in [4.78, 5) is 40.9. The molecular formula is C33H37N3O5. The highest BCUT2D eigenvalue weighted by Gasteiger charge is 2.44. The average Bonchev–Trinajstić information content (AvgIpc) is 3.29. The van der Waals surface area contributed by atoms with Crippen molar-refractivity contribution in [3.63, 3.8) is 0 Å². The third kappa shape index (κ3) is 6.12. The Hall–Kier alpha value is -4.17. The Kier molecular flexibility index (Phi) is 8.40. The maximum atomic E-state index is 13.4. The molecule has 0 bridgehead atoms. The molecule has 1 aliphatic heterocycles. The summed E-state index contributed by atoms with van der Waals surface area (Å²) in [5.74, 6) is -1.96. The highest BCUT2D eigenvalue weighted by atomic mass is 16.5. The predicted octanol–water partition coefficient (Wildman–Crippen LogP) is 4.79. The molecule has 1 unspecified atom stereocenters. The SMILES string of the molecule is CC(C)C(NC(=O)OCC1c2ccccc2-c2ccccc21)C(=O)NC1(C(=O)O)CCN(Cc2ccccc2)CC1. The molecule has 8 heteroatoms. The van der Waals surface area contributed by atoms with Gasteiger partial charge in [0.25, 0.3) is 0 Å². The van der Waals surface area contributed by atoms with Crippen LogP contribution in [-0.2, 0) is 20.9 Å². The van der Waals surface area contributed by atoms with E-state index in [9.17, 15) is 19.5 Å². The predicted molar refractivity (Wildman–Crippen MR) is 156 cm³/mol. The monoisotopic (exact) mass is 555 g/mol. The van der Waals surface area contributed by atoms with Gasteiger partial charge in [-0.3, -0.25) is 9.69 Å². The number of benzene rings is 3. The molecule has 41 heavy (non-hydrogen) atoms. The standard InChI is InChI=1S/C33H37N3O5/c1-22(2)29(30(37)35-33(31(38)39)16-18-36(19-17-33)20-23-10-4-3-5-11-23)34-32(40)41-21-28-26-14-8-6-12-24(26)25-13-7-9-15-27(25)28/h3-15,22,28-29H,16-21H2,1-2H3,(H,34,40)(H,35,37)(H,38,39). The Bertz CT molecular complexity index is 1350. The van der Waals surface area contributed by atoms with E-state index in [0.717, 1.165) is 34.4 Å². The van der Waals surface area contributed by atoms with Gasteiger partial charge in [0.1, 0.15) is 18.2 Å². The van der Waals surface area contributed by atoms with Crippen LogP contribution in [0.25, 0.3) is 11.1 Å². The van der Waals surface area contributed by atoms with E-state index in [1.807, 2.05) is 80.6 Å². The fraction of sp³-hybridized carbons (Fsp3) is 0.364. The number of nitrogens with one attached hydrogen (secondary N) is 2. The van der Waals surface area contributed by atoms with Crippen LogP contribution in [0, 0.1) is 5.92 Å². The van der Waals surface area contributed by atoms with E-state index in [4.69, 9.17) is 4.74 Å². The third-order valence-electron chi connectivity index (χ3n) is 8.30. The minimum Gasteiger partial charge on any atom is -0.480 e. The highest BCUT2D eigenvalue weighted by Crippen LogP contribution is 2.44. The first-order valence-corrected chi connectivity index (χ1v) is 14.2. The summed E-state index contributed by atoms with van der Waals surface area (Å²) < 4.78 is 5.65. The van der Waals surface area contributed by atoms with Crippen molar-refractivity contribution < 1.29 is 24.2 Å². The summed E-state index contributed by atoms with van der Waals surface area (Å²) in [5.41, 5.74) is 4.23. The summed E-state index contributed by atoms with van der Waals surface area (Å²) in [6, 6.07) is 25.2. The quantitative estimate of drug-likeness (QED) is 0.351. The molecule has 1 aliphatic carbocycles. The van der Waals surface area contributed by atoms with Crippen LogP contribution in [0.15, 0.2) is 78.9 Å². The highest BCUT2D eigenvalue weighted by molar-refractivity contribution is 5.91. The van der Waals surface area contributed by atoms with Crippen LogP contribution in [0.2, 0.25) is 0 Å². The Morgan fingerprint density at radius 2 is 1.46 bits per heavy atom. The minimum absolute atomic E-state index is 0.101. The van der Waals surface area contributed by atoms with Crippen molar-refractivity contribution in [2.45, 2.75) is 50.7 Å². The number of ether oxygens (including phenoxy) is 1. The van der Waals surface area contributed by atoms with Gasteiger partial charge in [-0.2, -0.15) is 0 Å². The average molecular weight is 556 g/mol. The number of piperidine rings is 1. The van der Waals surface area contributed by atoms with Gasteiger partial charge in [0.2, 0.25) is 5.91 Å². The molecule has 1 fully saturated rings. The largest absolute Gasteiger partial charge is 0.480 e. The van der Waals surface area contributed by atoms with Crippen LogP contribution < -0.4 is 10.6 Å². The van der Waals surface area contributed by atoms with Crippen molar-refractivity contribution in [2.24, 2.45) is 5.92 Å². The lowest BCUT2D eigenvalue weighted by Gasteiger charge is -2.40. The van der Waals surface area contributed by atoms with Crippen molar-refractivity contribution in [3.05, 3.63) is 95.6 Å². The van der Waals surface area contributed by atoms with E-state index in [-0.39, 0.29) is 31.3 Å². The molecule has 214 valence electrons. The Balaban J connectivity index is 1.20. The number of carbonyl (C=O) groups is 3. The number of hydrogen-bond acceptors (Lipinski definition) is 5. The van der Waals surface area contributed by atoms with E-state index in [1.165, 1.54) is 0 Å². The molecule has 3 aromatic rings. The summed E-state index contributed by atoms with van der Waals surface area (Å²) in [6.07, 6.45) is -0.157. The smallest absolute Gasteiger partial charge is 0.407 e. The number of carbonyl (C=O) groups excluding carboxylic acids is 2. The molecule has 1 saturated heterocycles. The number of rotatable bonds is 9. The minimum atomic E-state index is -1.39. The number of fused-ring (bicyclic) bond motifs is 3. The maximum absolute atomic E-state index is 13.4. The zero-order chi connectivity index (χ0) is 29.0. The van der Waals surface area contributed by atoms with Crippen LogP contribution in [0.3, 0.4) is 0 Å². The van der Waals surface area contributed by atoms with E-state index in [0.29, 0.717) is 13.1 Å². The van der Waals surface area contributed by atoms with Gasteiger partial charge in [0.15, 0.2) is 0 Å². The molecule has 3 aromatic carbocycles. The van der Waals surface area contributed by atoms with Gasteiger partial charge in [-0.25, -0.2) is 9.59 Å². The summed E-state index contributed by atoms with van der Waals surface area (Å²) in [5, 5.41) is 15.6. The third-order valence-corrected chi connectivity index (χ3v) is 8.30. The van der Waals surface area contributed by atoms with E-state index >= 15 is 0 Å². The van der Waals surface area contributed by atoms with E-state index in [1.54, 1.807) is 0 Å². The van der Waals surface area contributed by atoms with Gasteiger partial charge in [0, 0.05) is 25.6 Å². The van der Waals surface area contributed by atoms with Gasteiger partial charge < -0.3 is 20.5 Å². The number of aliphatic carboxylic acids is 1. The molecule has 0 radical (unpaired) electrons. The Morgan fingerprint density at radius 3 is 2.02 bits per heavy atom. The van der Waals surface area contributed by atoms with Gasteiger partial charge in [-0.05, 0) is 46.6 Å². The van der Waals surface area contributed by atoms with Crippen molar-refractivity contribution in [3.8, 4) is 11.1 Å². The molecule has 1 atom stereocenters. The van der Waals surface area contributed by atoms with Crippen molar-refractivity contribution >= 4 is 18.0 Å². The fourth-order valence-electron chi connectivity index (χ4n) is 5.94. The second-order valence-electron chi connectivity index (χ2n) is 11.3. The second-order valence-corrected chi connectivity index (χ2v) is 11.3. The molecule has 8 nitrogen and oxygen atoms in total. The Morgan fingerprint density at radius 1 is 0.902 bits per heavy atom. The number of nitrogens with zero attached hydrogens (tertiary/aromatic N) is 1. The molecule has 3 N–H and O–H groups in total. The van der Waals surface area contributed by atoms with E-state index < -0.39 is 29.6 Å². The molecular weight excluding hydrogens is 518 g/mol. The molecule has 0 aromatic heterocycles. The van der Waals surface area contributed by atoms with Gasteiger partial charge in [0.05, 0.1) is 0 Å². The van der Waals surface area contributed by atoms with Crippen LogP contribution in [0.5, 0.6) is 0 Å². The molecule has 5 rings (SSSR count). The lowest BCUT2D eigenvalue weighted by Crippen LogP contribution is -2.63. The number of carboxylic acids is 1. The fourth-order valence-corrected chi connectivity index (χ4v) is 5.94. The van der Waals surface area contributed by atoms with Crippen LogP contribution in [0.4, 0.5) is 4.79 Å². The normalized spacial score (nSPS) is 16.9. The topological polar surface area (TPSA) is 108 Å². The first-order chi connectivity index (χ1) is 19.8. The summed E-state index contributed by atoms with van der Waals surface area (Å²) >= 11 is 0. The summed E-state index contributed by atoms with van der Waals surface area (Å²) in [7, 11) is 0. The Labute approximate surface area is 240 Å².